The van der Waals surface area contributed by atoms with E-state index in [1.54, 1.807) is 0 Å². The topological polar surface area (TPSA) is 43.3 Å². The zero-order valence-electron chi connectivity index (χ0n) is 11.0. The third kappa shape index (κ3) is 3.45. The molecule has 0 saturated heterocycles. The van der Waals surface area contributed by atoms with Crippen LogP contribution in [-0.2, 0) is 9.53 Å². The Kier molecular flexibility index (Phi) is 4.75. The molecule has 1 atom stereocenters. The van der Waals surface area contributed by atoms with Gasteiger partial charge in [0.25, 0.3) is 0 Å². The molecule has 1 N–H and O–H groups in total. The molecule has 4 heteroatoms. The summed E-state index contributed by atoms with van der Waals surface area (Å²) in [6.45, 7) is 3.06. The van der Waals surface area contributed by atoms with Gasteiger partial charge in [0.05, 0.1) is 12.6 Å². The summed E-state index contributed by atoms with van der Waals surface area (Å²) in [7, 11) is 0. The molecule has 1 aromatic carbocycles. The summed E-state index contributed by atoms with van der Waals surface area (Å²) >= 11 is 0. The number of carbonyl (C=O) groups is 1. The van der Waals surface area contributed by atoms with Gasteiger partial charge in [-0.05, 0) is 36.8 Å². The van der Waals surface area contributed by atoms with Gasteiger partial charge in [0, 0.05) is 24.7 Å². The quantitative estimate of drug-likeness (QED) is 0.774. The Morgan fingerprint density at radius 2 is 1.95 bits per heavy atom. The second-order valence-electron chi connectivity index (χ2n) is 4.18. The zero-order chi connectivity index (χ0) is 13.5. The van der Waals surface area contributed by atoms with E-state index in [-0.39, 0.29) is 6.04 Å². The summed E-state index contributed by atoms with van der Waals surface area (Å²) in [5.74, 6) is 0. The van der Waals surface area contributed by atoms with Crippen LogP contribution >= 0.6 is 0 Å². The van der Waals surface area contributed by atoms with Crippen LogP contribution in [-0.4, -0.2) is 24.2 Å². The summed E-state index contributed by atoms with van der Waals surface area (Å²) in [4.78, 5) is 10.6. The predicted octanol–water partition coefficient (Wildman–Crippen LogP) is 2.30. The van der Waals surface area contributed by atoms with Gasteiger partial charge in [-0.3, -0.25) is 4.79 Å². The van der Waals surface area contributed by atoms with Gasteiger partial charge in [0.15, 0.2) is 0 Å². The van der Waals surface area contributed by atoms with Crippen LogP contribution < -0.4 is 5.32 Å². The number of aromatic nitrogens is 1. The lowest BCUT2D eigenvalue weighted by molar-refractivity contribution is -0.110. The van der Waals surface area contributed by atoms with E-state index in [0.717, 1.165) is 11.3 Å². The van der Waals surface area contributed by atoms with E-state index in [1.807, 2.05) is 60.3 Å². The second kappa shape index (κ2) is 6.75. The van der Waals surface area contributed by atoms with E-state index >= 15 is 0 Å². The highest BCUT2D eigenvalue weighted by Crippen LogP contribution is 2.16. The van der Waals surface area contributed by atoms with Gasteiger partial charge < -0.3 is 14.6 Å². The van der Waals surface area contributed by atoms with Crippen molar-refractivity contribution >= 4 is 6.41 Å². The third-order valence-corrected chi connectivity index (χ3v) is 2.96. The fourth-order valence-corrected chi connectivity index (χ4v) is 1.94. The summed E-state index contributed by atoms with van der Waals surface area (Å²) in [6, 6.07) is 11.9. The molecule has 0 bridgehead atoms. The summed E-state index contributed by atoms with van der Waals surface area (Å²) in [6.07, 6.45) is 4.70. The Labute approximate surface area is 113 Å². The SMILES string of the molecule is CCOCC(NC=O)c1ccc(-n2cccc2)cc1. The molecule has 2 rings (SSSR count). The highest BCUT2D eigenvalue weighted by atomic mass is 16.5. The average Bonchev–Trinajstić information content (AvgIpc) is 2.98. The molecular weight excluding hydrogens is 240 g/mol. The summed E-state index contributed by atoms with van der Waals surface area (Å²) < 4.78 is 7.41. The average molecular weight is 258 g/mol. The Bertz CT molecular complexity index is 491. The molecule has 0 fully saturated rings. The van der Waals surface area contributed by atoms with Crippen LogP contribution in [0.2, 0.25) is 0 Å². The van der Waals surface area contributed by atoms with Gasteiger partial charge in [0.1, 0.15) is 0 Å². The maximum Gasteiger partial charge on any atom is 0.207 e. The molecule has 1 aromatic heterocycles. The minimum Gasteiger partial charge on any atom is -0.379 e. The van der Waals surface area contributed by atoms with Crippen LogP contribution in [0.4, 0.5) is 0 Å². The number of amides is 1. The lowest BCUT2D eigenvalue weighted by Crippen LogP contribution is -2.24. The fraction of sp³-hybridized carbons (Fsp3) is 0.267. The second-order valence-corrected chi connectivity index (χ2v) is 4.18. The van der Waals surface area contributed by atoms with E-state index in [0.29, 0.717) is 19.6 Å². The molecule has 0 aliphatic carbocycles. The minimum absolute atomic E-state index is 0.101. The van der Waals surface area contributed by atoms with Gasteiger partial charge >= 0.3 is 0 Å². The molecule has 0 aliphatic heterocycles. The monoisotopic (exact) mass is 258 g/mol. The van der Waals surface area contributed by atoms with Crippen LogP contribution in [0.5, 0.6) is 0 Å². The molecule has 2 aromatic rings. The van der Waals surface area contributed by atoms with E-state index in [9.17, 15) is 4.79 Å². The normalized spacial score (nSPS) is 12.1. The first-order valence-electron chi connectivity index (χ1n) is 6.36. The maximum absolute atomic E-state index is 10.6. The first-order chi connectivity index (χ1) is 9.35. The summed E-state index contributed by atoms with van der Waals surface area (Å²) in [5, 5.41) is 2.78. The van der Waals surface area contributed by atoms with Gasteiger partial charge in [-0.25, -0.2) is 0 Å². The minimum atomic E-state index is -0.101. The number of hydrogen-bond acceptors (Lipinski definition) is 2. The Morgan fingerprint density at radius 3 is 2.53 bits per heavy atom. The van der Waals surface area contributed by atoms with E-state index in [2.05, 4.69) is 5.32 Å². The number of nitrogens with one attached hydrogen (secondary N) is 1. The molecule has 19 heavy (non-hydrogen) atoms. The van der Waals surface area contributed by atoms with E-state index in [4.69, 9.17) is 4.74 Å². The van der Waals surface area contributed by atoms with Crippen LogP contribution in [0, 0.1) is 0 Å². The molecule has 0 spiro atoms. The molecule has 4 nitrogen and oxygen atoms in total. The molecule has 100 valence electrons. The van der Waals surface area contributed by atoms with Crippen LogP contribution in [0.15, 0.2) is 48.8 Å². The van der Waals surface area contributed by atoms with Crippen molar-refractivity contribution in [2.24, 2.45) is 0 Å². The first-order valence-corrected chi connectivity index (χ1v) is 6.36. The molecule has 0 radical (unpaired) electrons. The molecular formula is C15H18N2O2. The van der Waals surface area contributed by atoms with Crippen LogP contribution in [0.1, 0.15) is 18.5 Å². The number of nitrogens with zero attached hydrogens (tertiary/aromatic N) is 1. The Morgan fingerprint density at radius 1 is 1.26 bits per heavy atom. The molecule has 0 aliphatic rings. The largest absolute Gasteiger partial charge is 0.379 e. The highest BCUT2D eigenvalue weighted by Gasteiger charge is 2.10. The van der Waals surface area contributed by atoms with Gasteiger partial charge in [-0.1, -0.05) is 12.1 Å². The van der Waals surface area contributed by atoms with Crippen molar-refractivity contribution in [3.05, 3.63) is 54.4 Å². The first kappa shape index (κ1) is 13.4. The van der Waals surface area contributed by atoms with Crippen molar-refractivity contribution in [1.29, 1.82) is 0 Å². The number of rotatable bonds is 7. The van der Waals surface area contributed by atoms with Crippen molar-refractivity contribution in [1.82, 2.24) is 9.88 Å². The van der Waals surface area contributed by atoms with Crippen molar-refractivity contribution in [2.75, 3.05) is 13.2 Å². The van der Waals surface area contributed by atoms with Gasteiger partial charge in [-0.2, -0.15) is 0 Å². The van der Waals surface area contributed by atoms with Crippen molar-refractivity contribution in [3.8, 4) is 5.69 Å². The van der Waals surface area contributed by atoms with E-state index in [1.165, 1.54) is 0 Å². The number of carbonyl (C=O) groups excluding carboxylic acids is 1. The molecule has 1 unspecified atom stereocenters. The lowest BCUT2D eigenvalue weighted by Gasteiger charge is -2.16. The smallest absolute Gasteiger partial charge is 0.207 e. The number of hydrogen-bond donors (Lipinski definition) is 1. The van der Waals surface area contributed by atoms with Gasteiger partial charge in [-0.15, -0.1) is 0 Å². The fourth-order valence-electron chi connectivity index (χ4n) is 1.94. The molecule has 0 saturated carbocycles. The Balaban J connectivity index is 2.13. The summed E-state index contributed by atoms with van der Waals surface area (Å²) in [5.41, 5.74) is 2.13. The van der Waals surface area contributed by atoms with E-state index < -0.39 is 0 Å². The van der Waals surface area contributed by atoms with Crippen molar-refractivity contribution in [2.45, 2.75) is 13.0 Å². The van der Waals surface area contributed by atoms with Gasteiger partial charge in [0.2, 0.25) is 6.41 Å². The molecule has 1 amide bonds. The number of benzene rings is 1. The molecule has 1 heterocycles. The Hall–Kier alpha value is -2.07. The van der Waals surface area contributed by atoms with Crippen LogP contribution in [0.25, 0.3) is 5.69 Å². The highest BCUT2D eigenvalue weighted by molar-refractivity contribution is 5.48. The third-order valence-electron chi connectivity index (χ3n) is 2.96. The maximum atomic E-state index is 10.6. The standard InChI is InChI=1S/C15H18N2O2/c1-2-19-11-15(16-12-18)13-5-7-14(8-6-13)17-9-3-4-10-17/h3-10,12,15H,2,11H2,1H3,(H,16,18). The predicted molar refractivity (Wildman–Crippen MR) is 74.2 cm³/mol. The van der Waals surface area contributed by atoms with Crippen molar-refractivity contribution in [3.63, 3.8) is 0 Å². The zero-order valence-corrected chi connectivity index (χ0v) is 11.0. The van der Waals surface area contributed by atoms with Crippen molar-refractivity contribution < 1.29 is 9.53 Å². The van der Waals surface area contributed by atoms with Crippen LogP contribution in [0.3, 0.4) is 0 Å². The number of ether oxygens (including phenoxy) is 1. The lowest BCUT2D eigenvalue weighted by atomic mass is 10.1.